The molecule has 0 aromatic heterocycles. The van der Waals surface area contributed by atoms with Gasteiger partial charge < -0.3 is 14.4 Å². The van der Waals surface area contributed by atoms with Gasteiger partial charge in [0.1, 0.15) is 0 Å². The van der Waals surface area contributed by atoms with Crippen molar-refractivity contribution < 1.29 is 26.4 Å². The zero-order chi connectivity index (χ0) is 22.5. The third kappa shape index (κ3) is 39.9. The van der Waals surface area contributed by atoms with Gasteiger partial charge in [-0.1, -0.05) is 65.4 Å². The first-order chi connectivity index (χ1) is 12.9. The summed E-state index contributed by atoms with van der Waals surface area (Å²) in [5.74, 6) is -0.144. The van der Waals surface area contributed by atoms with Crippen LogP contribution in [0.3, 0.4) is 0 Å². The monoisotopic (exact) mass is 424 g/mol. The number of hydrogen-bond donors (Lipinski definition) is 1. The average molecular weight is 425 g/mol. The zero-order valence-corrected chi connectivity index (χ0v) is 19.8. The molecule has 0 aliphatic carbocycles. The number of hydrogen-bond acceptors (Lipinski definition) is 5. The van der Waals surface area contributed by atoms with Crippen molar-refractivity contribution in [1.29, 1.82) is 0 Å². The van der Waals surface area contributed by atoms with Gasteiger partial charge in [0.05, 0.1) is 34.3 Å². The molecule has 0 radical (unpaired) electrons. The van der Waals surface area contributed by atoms with E-state index in [2.05, 4.69) is 51.1 Å². The smallest absolute Gasteiger partial charge is 0.243 e. The van der Waals surface area contributed by atoms with Gasteiger partial charge >= 0.3 is 0 Å². The van der Waals surface area contributed by atoms with E-state index in [-0.39, 0.29) is 12.5 Å². The predicted molar refractivity (Wildman–Crippen MR) is 116 cm³/mol. The predicted octanol–water partition coefficient (Wildman–Crippen LogP) is 3.62. The van der Waals surface area contributed by atoms with Crippen LogP contribution in [0.4, 0.5) is 0 Å². The number of rotatable bonds is 13. The van der Waals surface area contributed by atoms with Crippen molar-refractivity contribution in [3.8, 4) is 0 Å². The van der Waals surface area contributed by atoms with E-state index >= 15 is 0 Å². The van der Waals surface area contributed by atoms with E-state index in [1.165, 1.54) is 51.1 Å². The van der Waals surface area contributed by atoms with Crippen LogP contribution in [0.25, 0.3) is 0 Å². The molecule has 28 heavy (non-hydrogen) atoms. The van der Waals surface area contributed by atoms with Gasteiger partial charge in [0.25, 0.3) is 0 Å². The standard InChI is InChI=1S/C10H22O4S.C6H16N.C4H7NO/c1-2-3-4-5-6-7-8-9-10-14-15(11,12)13;1-5-6-7(2,3)4;1-3-4(6)5-2/h2-10H2,1H3,(H,11,12,13);5-6H2,1-4H3;3H,1H2,2H3,(H,5,6)/q;+1;/p-1. The largest absolute Gasteiger partial charge is 0.726 e. The minimum absolute atomic E-state index is 0.0286. The molecule has 0 aliphatic rings. The van der Waals surface area contributed by atoms with Crippen molar-refractivity contribution in [2.24, 2.45) is 0 Å². The molecule has 0 fully saturated rings. The molecule has 0 atom stereocenters. The molecule has 0 saturated heterocycles. The van der Waals surface area contributed by atoms with Gasteiger partial charge in [0.2, 0.25) is 16.3 Å². The zero-order valence-electron chi connectivity index (χ0n) is 19.0. The number of unbranched alkanes of at least 4 members (excludes halogenated alkanes) is 7. The summed E-state index contributed by atoms with van der Waals surface area (Å²) in [6, 6.07) is 0. The number of carbonyl (C=O) groups is 1. The third-order valence-electron chi connectivity index (χ3n) is 3.55. The van der Waals surface area contributed by atoms with Crippen molar-refractivity contribution in [2.75, 3.05) is 41.3 Å². The number of amides is 1. The average Bonchev–Trinajstić information content (AvgIpc) is 2.58. The molecule has 0 aromatic rings. The summed E-state index contributed by atoms with van der Waals surface area (Å²) in [4.78, 5) is 9.95. The second-order valence-electron chi connectivity index (χ2n) is 7.54. The van der Waals surface area contributed by atoms with E-state index < -0.39 is 10.4 Å². The van der Waals surface area contributed by atoms with Gasteiger partial charge in [-0.25, -0.2) is 8.42 Å². The van der Waals surface area contributed by atoms with Crippen LogP contribution in [0, 0.1) is 0 Å². The molecular formula is C20H44N2O5S. The summed E-state index contributed by atoms with van der Waals surface area (Å²) in [6.07, 6.45) is 11.4. The van der Waals surface area contributed by atoms with Crippen LogP contribution in [0.1, 0.15) is 71.6 Å². The van der Waals surface area contributed by atoms with Gasteiger partial charge in [0.15, 0.2) is 0 Å². The van der Waals surface area contributed by atoms with Crippen LogP contribution in [0.15, 0.2) is 12.7 Å². The first-order valence-corrected chi connectivity index (χ1v) is 11.5. The molecule has 0 bridgehead atoms. The van der Waals surface area contributed by atoms with E-state index in [1.807, 2.05) is 0 Å². The molecule has 7 nitrogen and oxygen atoms in total. The molecular weight excluding hydrogens is 380 g/mol. The van der Waals surface area contributed by atoms with Gasteiger partial charge in [-0.05, 0) is 18.9 Å². The van der Waals surface area contributed by atoms with E-state index in [0.717, 1.165) is 17.3 Å². The maximum Gasteiger partial charge on any atom is 0.243 e. The van der Waals surface area contributed by atoms with E-state index in [4.69, 9.17) is 0 Å². The Bertz CT molecular complexity index is 460. The first-order valence-electron chi connectivity index (χ1n) is 10.2. The Labute approximate surface area is 174 Å². The highest BCUT2D eigenvalue weighted by atomic mass is 32.3. The van der Waals surface area contributed by atoms with Gasteiger partial charge in [-0.3, -0.25) is 8.98 Å². The number of carbonyl (C=O) groups excluding carboxylic acids is 1. The molecule has 1 N–H and O–H groups in total. The van der Waals surface area contributed by atoms with E-state index in [9.17, 15) is 17.8 Å². The summed E-state index contributed by atoms with van der Waals surface area (Å²) in [5.41, 5.74) is 0. The fraction of sp³-hybridized carbons (Fsp3) is 0.850. The molecule has 170 valence electrons. The molecule has 8 heteroatoms. The highest BCUT2D eigenvalue weighted by Crippen LogP contribution is 2.08. The second-order valence-corrected chi connectivity index (χ2v) is 8.59. The number of nitrogens with one attached hydrogen (secondary N) is 1. The first kappa shape index (κ1) is 31.7. The van der Waals surface area contributed by atoms with Gasteiger partial charge in [-0.15, -0.1) is 0 Å². The fourth-order valence-corrected chi connectivity index (χ4v) is 2.49. The summed E-state index contributed by atoms with van der Waals surface area (Å²) >= 11 is 0. The molecule has 0 spiro atoms. The normalized spacial score (nSPS) is 10.8. The number of nitrogens with zero attached hydrogens (tertiary/aromatic N) is 1. The lowest BCUT2D eigenvalue weighted by Gasteiger charge is -2.22. The van der Waals surface area contributed by atoms with Gasteiger partial charge in [0, 0.05) is 7.05 Å². The third-order valence-corrected chi connectivity index (χ3v) is 4.01. The maximum absolute atomic E-state index is 10.1. The minimum atomic E-state index is -4.48. The van der Waals surface area contributed by atoms with Crippen LogP contribution in [0.2, 0.25) is 0 Å². The molecule has 0 saturated carbocycles. The van der Waals surface area contributed by atoms with Crippen molar-refractivity contribution in [2.45, 2.75) is 71.6 Å². The van der Waals surface area contributed by atoms with Crippen molar-refractivity contribution in [1.82, 2.24) is 5.32 Å². The molecule has 0 heterocycles. The minimum Gasteiger partial charge on any atom is -0.726 e. The summed E-state index contributed by atoms with van der Waals surface area (Å²) in [7, 11) is 3.72. The molecule has 0 unspecified atom stereocenters. The second kappa shape index (κ2) is 20.8. The quantitative estimate of drug-likeness (QED) is 0.160. The fourth-order valence-electron chi connectivity index (χ4n) is 2.17. The lowest BCUT2D eigenvalue weighted by Crippen LogP contribution is -2.34. The van der Waals surface area contributed by atoms with Crippen molar-refractivity contribution >= 4 is 16.3 Å². The van der Waals surface area contributed by atoms with Crippen LogP contribution in [-0.2, 0) is 19.4 Å². The lowest BCUT2D eigenvalue weighted by molar-refractivity contribution is -0.870. The van der Waals surface area contributed by atoms with Crippen LogP contribution >= 0.6 is 0 Å². The number of likely N-dealkylation sites (N-methyl/N-ethyl adjacent to an activating group) is 1. The highest BCUT2D eigenvalue weighted by Gasteiger charge is 2.01. The lowest BCUT2D eigenvalue weighted by atomic mass is 10.1. The summed E-state index contributed by atoms with van der Waals surface area (Å²) < 4.78 is 35.4. The van der Waals surface area contributed by atoms with Crippen molar-refractivity contribution in [3.63, 3.8) is 0 Å². The Hall–Kier alpha value is -0.960. The van der Waals surface area contributed by atoms with Crippen molar-refractivity contribution in [3.05, 3.63) is 12.7 Å². The van der Waals surface area contributed by atoms with E-state index in [1.54, 1.807) is 7.05 Å². The SMILES string of the molecule is C=CC(=O)NC.CCCCCCCCCCOS(=O)(=O)[O-].CCC[N+](C)(C)C. The highest BCUT2D eigenvalue weighted by molar-refractivity contribution is 7.80. The summed E-state index contributed by atoms with van der Waals surface area (Å²) in [5, 5.41) is 2.36. The Morgan fingerprint density at radius 1 is 1.00 bits per heavy atom. The molecule has 0 rings (SSSR count). The van der Waals surface area contributed by atoms with Gasteiger partial charge in [-0.2, -0.15) is 0 Å². The van der Waals surface area contributed by atoms with Crippen LogP contribution < -0.4 is 5.32 Å². The van der Waals surface area contributed by atoms with E-state index in [0.29, 0.717) is 6.42 Å². The topological polar surface area (TPSA) is 95.5 Å². The Kier molecular flexibility index (Phi) is 23.5. The molecule has 1 amide bonds. The molecule has 0 aromatic carbocycles. The Morgan fingerprint density at radius 2 is 1.46 bits per heavy atom. The summed E-state index contributed by atoms with van der Waals surface area (Å²) in [6.45, 7) is 8.92. The Morgan fingerprint density at radius 3 is 1.71 bits per heavy atom. The van der Waals surface area contributed by atoms with Crippen LogP contribution in [0.5, 0.6) is 0 Å². The Balaban J connectivity index is -0.000000397. The van der Waals surface area contributed by atoms with Crippen LogP contribution in [-0.4, -0.2) is 64.7 Å². The molecule has 0 aliphatic heterocycles. The maximum atomic E-state index is 10.1. The number of quaternary nitrogens is 1.